The van der Waals surface area contributed by atoms with Crippen LogP contribution in [0.15, 0.2) is 36.5 Å². The van der Waals surface area contributed by atoms with Crippen LogP contribution in [0.1, 0.15) is 32.1 Å². The smallest absolute Gasteiger partial charge is 0.354 e. The molecule has 2 aromatic heterocycles. The second-order valence-electron chi connectivity index (χ2n) is 5.20. The summed E-state index contributed by atoms with van der Waals surface area (Å²) in [5.74, 6) is -2.05. The van der Waals surface area contributed by atoms with E-state index in [4.69, 9.17) is 0 Å². The van der Waals surface area contributed by atoms with E-state index in [0.29, 0.717) is 5.56 Å². The van der Waals surface area contributed by atoms with E-state index in [1.54, 1.807) is 19.1 Å². The van der Waals surface area contributed by atoms with Crippen molar-refractivity contribution in [2.24, 2.45) is 0 Å². The van der Waals surface area contributed by atoms with Gasteiger partial charge in [-0.05, 0) is 24.1 Å². The summed E-state index contributed by atoms with van der Waals surface area (Å²) in [5, 5.41) is 15.7. The zero-order valence-corrected chi connectivity index (χ0v) is 12.7. The van der Waals surface area contributed by atoms with Crippen molar-refractivity contribution in [3.05, 3.63) is 64.9 Å². The Morgan fingerprint density at radius 3 is 2.79 bits per heavy atom. The number of carboxylic acids is 1. The largest absolute Gasteiger partial charge is 0.477 e. The van der Waals surface area contributed by atoms with Crippen LogP contribution < -0.4 is 5.32 Å². The van der Waals surface area contributed by atoms with Crippen molar-refractivity contribution < 1.29 is 19.1 Å². The van der Waals surface area contributed by atoms with E-state index in [9.17, 15) is 19.1 Å². The average molecular weight is 328 g/mol. The van der Waals surface area contributed by atoms with Crippen LogP contribution in [-0.4, -0.2) is 31.6 Å². The standard InChI is InChI=1S/C16H13FN4O3/c1-9-6-10(2-3-11(9)17)8-18-15(22)12-7-13(16(23)24)21-14(20-12)4-5-19-21/h2-7H,8H2,1H3,(H,18,22)(H,23,24). The molecule has 0 radical (unpaired) electrons. The summed E-state index contributed by atoms with van der Waals surface area (Å²) in [4.78, 5) is 27.6. The first-order valence-corrected chi connectivity index (χ1v) is 7.07. The summed E-state index contributed by atoms with van der Waals surface area (Å²) in [6.45, 7) is 1.81. The SMILES string of the molecule is Cc1cc(CNC(=O)c2cc(C(=O)O)n3nccc3n2)ccc1F. The highest BCUT2D eigenvalue weighted by atomic mass is 19.1. The van der Waals surface area contributed by atoms with Gasteiger partial charge in [0.1, 0.15) is 11.5 Å². The Balaban J connectivity index is 1.83. The molecule has 2 heterocycles. The van der Waals surface area contributed by atoms with Crippen LogP contribution in [0.4, 0.5) is 4.39 Å². The normalized spacial score (nSPS) is 10.8. The lowest BCUT2D eigenvalue weighted by Crippen LogP contribution is -2.25. The fourth-order valence-corrected chi connectivity index (χ4v) is 2.27. The van der Waals surface area contributed by atoms with E-state index >= 15 is 0 Å². The zero-order chi connectivity index (χ0) is 17.3. The summed E-state index contributed by atoms with van der Waals surface area (Å²) in [7, 11) is 0. The second kappa shape index (κ2) is 6.07. The van der Waals surface area contributed by atoms with Gasteiger partial charge in [-0.15, -0.1) is 0 Å². The van der Waals surface area contributed by atoms with E-state index in [-0.39, 0.29) is 29.4 Å². The molecule has 0 aliphatic carbocycles. The van der Waals surface area contributed by atoms with Gasteiger partial charge in [0.25, 0.3) is 5.91 Å². The molecule has 0 bridgehead atoms. The summed E-state index contributed by atoms with van der Waals surface area (Å²) in [6.07, 6.45) is 1.40. The van der Waals surface area contributed by atoms with E-state index < -0.39 is 11.9 Å². The van der Waals surface area contributed by atoms with Gasteiger partial charge in [-0.3, -0.25) is 4.79 Å². The van der Waals surface area contributed by atoms with Crippen molar-refractivity contribution in [1.82, 2.24) is 19.9 Å². The van der Waals surface area contributed by atoms with E-state index in [1.165, 1.54) is 18.3 Å². The van der Waals surface area contributed by atoms with Crippen molar-refractivity contribution >= 4 is 17.5 Å². The number of carbonyl (C=O) groups is 2. The second-order valence-corrected chi connectivity index (χ2v) is 5.20. The number of benzene rings is 1. The van der Waals surface area contributed by atoms with Crippen LogP contribution in [0.5, 0.6) is 0 Å². The summed E-state index contributed by atoms with van der Waals surface area (Å²) in [6, 6.07) is 7.20. The van der Waals surface area contributed by atoms with E-state index in [0.717, 1.165) is 16.1 Å². The number of amides is 1. The monoisotopic (exact) mass is 328 g/mol. The minimum absolute atomic E-state index is 0.0285. The lowest BCUT2D eigenvalue weighted by Gasteiger charge is -2.08. The summed E-state index contributed by atoms with van der Waals surface area (Å²) in [5.41, 5.74) is 1.28. The lowest BCUT2D eigenvalue weighted by atomic mass is 10.1. The molecule has 0 aliphatic rings. The quantitative estimate of drug-likeness (QED) is 0.761. The van der Waals surface area contributed by atoms with Crippen molar-refractivity contribution in [3.63, 3.8) is 0 Å². The lowest BCUT2D eigenvalue weighted by molar-refractivity contribution is 0.0687. The predicted molar refractivity (Wildman–Crippen MR) is 82.3 cm³/mol. The van der Waals surface area contributed by atoms with Crippen LogP contribution >= 0.6 is 0 Å². The minimum Gasteiger partial charge on any atom is -0.477 e. The van der Waals surface area contributed by atoms with Gasteiger partial charge in [0, 0.05) is 18.7 Å². The molecule has 0 saturated heterocycles. The first-order valence-electron chi connectivity index (χ1n) is 7.07. The molecule has 3 rings (SSSR count). The third-order valence-corrected chi connectivity index (χ3v) is 3.49. The van der Waals surface area contributed by atoms with Gasteiger partial charge in [-0.25, -0.2) is 18.7 Å². The van der Waals surface area contributed by atoms with Crippen molar-refractivity contribution in [1.29, 1.82) is 0 Å². The molecular formula is C16H13FN4O3. The van der Waals surface area contributed by atoms with Gasteiger partial charge >= 0.3 is 5.97 Å². The van der Waals surface area contributed by atoms with Gasteiger partial charge in [-0.2, -0.15) is 5.10 Å². The number of nitrogens with zero attached hydrogens (tertiary/aromatic N) is 3. The number of carbonyl (C=O) groups excluding carboxylic acids is 1. The topological polar surface area (TPSA) is 96.6 Å². The summed E-state index contributed by atoms with van der Waals surface area (Å²) < 4.78 is 14.4. The molecule has 24 heavy (non-hydrogen) atoms. The Labute approximate surface area is 135 Å². The Morgan fingerprint density at radius 1 is 1.29 bits per heavy atom. The number of hydrogen-bond acceptors (Lipinski definition) is 4. The summed E-state index contributed by atoms with van der Waals surface area (Å²) >= 11 is 0. The van der Waals surface area contributed by atoms with E-state index in [1.807, 2.05) is 0 Å². The molecule has 8 heteroatoms. The van der Waals surface area contributed by atoms with Gasteiger partial charge in [-0.1, -0.05) is 12.1 Å². The maximum atomic E-state index is 13.2. The molecule has 0 spiro atoms. The average Bonchev–Trinajstić information content (AvgIpc) is 3.03. The highest BCUT2D eigenvalue weighted by molar-refractivity contribution is 5.95. The maximum absolute atomic E-state index is 13.2. The first-order chi connectivity index (χ1) is 11.5. The highest BCUT2D eigenvalue weighted by Gasteiger charge is 2.16. The van der Waals surface area contributed by atoms with Crippen LogP contribution in [0, 0.1) is 12.7 Å². The maximum Gasteiger partial charge on any atom is 0.354 e. The number of hydrogen-bond donors (Lipinski definition) is 2. The number of fused-ring (bicyclic) bond motifs is 1. The molecule has 1 aromatic carbocycles. The number of aryl methyl sites for hydroxylation is 1. The number of aromatic carboxylic acids is 1. The molecule has 2 N–H and O–H groups in total. The molecule has 3 aromatic rings. The van der Waals surface area contributed by atoms with Crippen LogP contribution in [0.2, 0.25) is 0 Å². The Morgan fingerprint density at radius 2 is 2.08 bits per heavy atom. The Bertz CT molecular complexity index is 952. The molecule has 0 fully saturated rings. The fourth-order valence-electron chi connectivity index (χ4n) is 2.27. The molecule has 7 nitrogen and oxygen atoms in total. The third kappa shape index (κ3) is 2.94. The molecular weight excluding hydrogens is 315 g/mol. The highest BCUT2D eigenvalue weighted by Crippen LogP contribution is 2.10. The van der Waals surface area contributed by atoms with Crippen LogP contribution in [0.3, 0.4) is 0 Å². The Hall–Kier alpha value is -3.29. The molecule has 0 saturated carbocycles. The minimum atomic E-state index is -1.21. The molecule has 122 valence electrons. The molecule has 0 aliphatic heterocycles. The zero-order valence-electron chi connectivity index (χ0n) is 12.7. The van der Waals surface area contributed by atoms with Crippen molar-refractivity contribution in [2.45, 2.75) is 13.5 Å². The van der Waals surface area contributed by atoms with Gasteiger partial charge in [0.2, 0.25) is 0 Å². The molecule has 0 unspecified atom stereocenters. The molecule has 1 amide bonds. The number of rotatable bonds is 4. The van der Waals surface area contributed by atoms with Crippen LogP contribution in [-0.2, 0) is 6.54 Å². The number of nitrogens with one attached hydrogen (secondary N) is 1. The number of aromatic nitrogens is 3. The number of halogens is 1. The molecule has 0 atom stereocenters. The van der Waals surface area contributed by atoms with Gasteiger partial charge in [0.15, 0.2) is 11.3 Å². The fraction of sp³-hybridized carbons (Fsp3) is 0.125. The van der Waals surface area contributed by atoms with Crippen molar-refractivity contribution in [3.8, 4) is 0 Å². The number of carboxylic acid groups (broad SMARTS) is 1. The Kier molecular flexibility index (Phi) is 3.95. The van der Waals surface area contributed by atoms with Crippen LogP contribution in [0.25, 0.3) is 5.65 Å². The first kappa shape index (κ1) is 15.6. The third-order valence-electron chi connectivity index (χ3n) is 3.49. The predicted octanol–water partition coefficient (Wildman–Crippen LogP) is 1.81. The van der Waals surface area contributed by atoms with Gasteiger partial charge < -0.3 is 10.4 Å². The van der Waals surface area contributed by atoms with Crippen molar-refractivity contribution in [2.75, 3.05) is 0 Å². The van der Waals surface area contributed by atoms with Gasteiger partial charge in [0.05, 0.1) is 6.20 Å². The van der Waals surface area contributed by atoms with E-state index in [2.05, 4.69) is 15.4 Å².